The minimum atomic E-state index is 0.878. The van der Waals surface area contributed by atoms with Crippen LogP contribution in [-0.4, -0.2) is 24.0 Å². The van der Waals surface area contributed by atoms with E-state index in [1.54, 1.807) is 0 Å². The van der Waals surface area contributed by atoms with Crippen LogP contribution in [0, 0.1) is 5.92 Å². The zero-order valence-electron chi connectivity index (χ0n) is 6.30. The van der Waals surface area contributed by atoms with Crippen LogP contribution in [0.1, 0.15) is 26.2 Å². The number of likely N-dealkylation sites (tertiary alicyclic amines) is 1. The summed E-state index contributed by atoms with van der Waals surface area (Å²) in [4.78, 5) is 2.55. The predicted molar refractivity (Wildman–Crippen MR) is 38.4 cm³/mol. The highest BCUT2D eigenvalue weighted by atomic mass is 15.2. The van der Waals surface area contributed by atoms with Gasteiger partial charge < -0.3 is 4.90 Å². The molecule has 0 amide bonds. The zero-order chi connectivity index (χ0) is 6.43. The summed E-state index contributed by atoms with van der Waals surface area (Å²) in [6, 6.07) is 1.83. The topological polar surface area (TPSA) is 3.24 Å². The molecule has 0 aromatic rings. The Morgan fingerprint density at radius 2 is 2.11 bits per heavy atom. The minimum absolute atomic E-state index is 0.878. The first kappa shape index (κ1) is 5.72. The van der Waals surface area contributed by atoms with Gasteiger partial charge in [-0.25, -0.2) is 0 Å². The van der Waals surface area contributed by atoms with Crippen LogP contribution >= 0.6 is 0 Å². The Hall–Kier alpha value is -0.0400. The first-order chi connectivity index (χ1) is 4.29. The second-order valence-electron chi connectivity index (χ2n) is 3.63. The molecule has 0 spiro atoms. The van der Waals surface area contributed by atoms with Crippen LogP contribution in [-0.2, 0) is 0 Å². The van der Waals surface area contributed by atoms with Crippen molar-refractivity contribution in [1.29, 1.82) is 0 Å². The molecule has 0 N–H and O–H groups in total. The molecular formula is C8H15N. The summed E-state index contributed by atoms with van der Waals surface area (Å²) in [5.74, 6) is 1.04. The molecule has 1 saturated heterocycles. The van der Waals surface area contributed by atoms with Crippen LogP contribution in [0.5, 0.6) is 0 Å². The molecule has 1 saturated carbocycles. The summed E-state index contributed by atoms with van der Waals surface area (Å²) in [5.41, 5.74) is 0. The van der Waals surface area contributed by atoms with E-state index >= 15 is 0 Å². The molecule has 9 heavy (non-hydrogen) atoms. The maximum Gasteiger partial charge on any atom is 0.00984 e. The lowest BCUT2D eigenvalue weighted by molar-refractivity contribution is 0.190. The quantitative estimate of drug-likeness (QED) is 0.474. The highest BCUT2D eigenvalue weighted by molar-refractivity contribution is 4.95. The van der Waals surface area contributed by atoms with Crippen LogP contribution in [0.4, 0.5) is 0 Å². The summed E-state index contributed by atoms with van der Waals surface area (Å²) in [7, 11) is 2.27. The van der Waals surface area contributed by atoms with Crippen molar-refractivity contribution >= 4 is 0 Å². The van der Waals surface area contributed by atoms with Crippen molar-refractivity contribution in [3.05, 3.63) is 0 Å². The van der Waals surface area contributed by atoms with Crippen molar-refractivity contribution in [3.63, 3.8) is 0 Å². The number of hydrogen-bond acceptors (Lipinski definition) is 1. The third-order valence-corrected chi connectivity index (χ3v) is 3.35. The fourth-order valence-electron chi connectivity index (χ4n) is 2.46. The lowest BCUT2D eigenvalue weighted by Gasteiger charge is -2.28. The van der Waals surface area contributed by atoms with E-state index in [2.05, 4.69) is 18.9 Å². The van der Waals surface area contributed by atoms with Crippen LogP contribution in [0.15, 0.2) is 0 Å². The first-order valence-electron chi connectivity index (χ1n) is 4.01. The van der Waals surface area contributed by atoms with E-state index in [1.165, 1.54) is 19.3 Å². The summed E-state index contributed by atoms with van der Waals surface area (Å²) in [5, 5.41) is 0. The molecule has 3 atom stereocenters. The number of fused-ring (bicyclic) bond motifs is 2. The number of piperidine rings is 1. The summed E-state index contributed by atoms with van der Waals surface area (Å²) in [6.07, 6.45) is 4.44. The average Bonchev–Trinajstić information content (AvgIpc) is 2.37. The average molecular weight is 125 g/mol. The molecule has 0 aromatic heterocycles. The number of nitrogens with zero attached hydrogens (tertiary/aromatic N) is 1. The van der Waals surface area contributed by atoms with Crippen molar-refractivity contribution in [2.24, 2.45) is 5.92 Å². The van der Waals surface area contributed by atoms with Crippen molar-refractivity contribution in [1.82, 2.24) is 4.90 Å². The van der Waals surface area contributed by atoms with Crippen LogP contribution < -0.4 is 0 Å². The van der Waals surface area contributed by atoms with Gasteiger partial charge in [0.25, 0.3) is 0 Å². The molecule has 1 heterocycles. The van der Waals surface area contributed by atoms with E-state index in [4.69, 9.17) is 0 Å². The predicted octanol–water partition coefficient (Wildman–Crippen LogP) is 1.49. The van der Waals surface area contributed by atoms with Crippen molar-refractivity contribution < 1.29 is 0 Å². The van der Waals surface area contributed by atoms with Gasteiger partial charge in [0.2, 0.25) is 0 Å². The van der Waals surface area contributed by atoms with Gasteiger partial charge in [0.15, 0.2) is 0 Å². The van der Waals surface area contributed by atoms with Gasteiger partial charge in [-0.15, -0.1) is 0 Å². The Morgan fingerprint density at radius 3 is 2.44 bits per heavy atom. The van der Waals surface area contributed by atoms with Crippen molar-refractivity contribution in [2.45, 2.75) is 38.3 Å². The summed E-state index contributed by atoms with van der Waals surface area (Å²) in [6.45, 7) is 2.36. The van der Waals surface area contributed by atoms with Crippen LogP contribution in [0.25, 0.3) is 0 Å². The molecule has 1 aliphatic carbocycles. The first-order valence-corrected chi connectivity index (χ1v) is 4.01. The second-order valence-corrected chi connectivity index (χ2v) is 3.63. The van der Waals surface area contributed by atoms with Gasteiger partial charge in [0, 0.05) is 12.1 Å². The molecule has 2 bridgehead atoms. The molecule has 1 aliphatic heterocycles. The van der Waals surface area contributed by atoms with E-state index < -0.39 is 0 Å². The Labute approximate surface area is 57.0 Å². The molecule has 52 valence electrons. The van der Waals surface area contributed by atoms with E-state index in [0.29, 0.717) is 0 Å². The van der Waals surface area contributed by atoms with Gasteiger partial charge in [0.1, 0.15) is 0 Å². The molecule has 0 aromatic carbocycles. The van der Waals surface area contributed by atoms with E-state index in [0.717, 1.165) is 18.0 Å². The standard InChI is InChI=1S/C8H15N/c1-6-7-3-4-8(5-7)9(6)2/h6-8H,3-5H2,1-2H3. The highest BCUT2D eigenvalue weighted by Crippen LogP contribution is 2.40. The summed E-state index contributed by atoms with van der Waals surface area (Å²) >= 11 is 0. The normalized spacial score (nSPS) is 50.7. The number of hydrogen-bond donors (Lipinski definition) is 0. The Morgan fingerprint density at radius 1 is 1.33 bits per heavy atom. The smallest absolute Gasteiger partial charge is 0.00984 e. The maximum absolute atomic E-state index is 2.55. The van der Waals surface area contributed by atoms with Crippen LogP contribution in [0.2, 0.25) is 0 Å². The largest absolute Gasteiger partial charge is 0.300 e. The van der Waals surface area contributed by atoms with E-state index in [9.17, 15) is 0 Å². The van der Waals surface area contributed by atoms with Gasteiger partial charge in [-0.05, 0) is 39.2 Å². The van der Waals surface area contributed by atoms with E-state index in [1.807, 2.05) is 0 Å². The Kier molecular flexibility index (Phi) is 1.10. The van der Waals surface area contributed by atoms with Crippen LogP contribution in [0.3, 0.4) is 0 Å². The molecule has 2 rings (SSSR count). The number of rotatable bonds is 0. The van der Waals surface area contributed by atoms with Gasteiger partial charge in [-0.1, -0.05) is 0 Å². The van der Waals surface area contributed by atoms with Crippen molar-refractivity contribution in [3.8, 4) is 0 Å². The molecule has 2 fully saturated rings. The Bertz CT molecular complexity index is 104. The molecular weight excluding hydrogens is 110 g/mol. The summed E-state index contributed by atoms with van der Waals surface area (Å²) < 4.78 is 0. The lowest BCUT2D eigenvalue weighted by Crippen LogP contribution is -2.35. The third-order valence-electron chi connectivity index (χ3n) is 3.35. The minimum Gasteiger partial charge on any atom is -0.300 e. The monoisotopic (exact) mass is 125 g/mol. The fraction of sp³-hybridized carbons (Fsp3) is 1.00. The zero-order valence-corrected chi connectivity index (χ0v) is 6.30. The SMILES string of the molecule is CC1C2CCC(C2)N1C. The van der Waals surface area contributed by atoms with Gasteiger partial charge >= 0.3 is 0 Å². The molecule has 0 radical (unpaired) electrons. The van der Waals surface area contributed by atoms with Gasteiger partial charge in [0.05, 0.1) is 0 Å². The molecule has 2 aliphatic rings. The Balaban J connectivity index is 2.15. The molecule has 3 unspecified atom stereocenters. The lowest BCUT2D eigenvalue weighted by atomic mass is 10.0. The van der Waals surface area contributed by atoms with Crippen molar-refractivity contribution in [2.75, 3.05) is 7.05 Å². The molecule has 1 heteroatoms. The van der Waals surface area contributed by atoms with Gasteiger partial charge in [-0.3, -0.25) is 0 Å². The van der Waals surface area contributed by atoms with E-state index in [-0.39, 0.29) is 0 Å². The maximum atomic E-state index is 2.55. The fourth-order valence-corrected chi connectivity index (χ4v) is 2.46. The third kappa shape index (κ3) is 0.644. The second kappa shape index (κ2) is 1.72. The highest BCUT2D eigenvalue weighted by Gasteiger charge is 2.40. The van der Waals surface area contributed by atoms with Gasteiger partial charge in [-0.2, -0.15) is 0 Å². The molecule has 1 nitrogen and oxygen atoms in total.